The molecule has 0 aromatic heterocycles. The summed E-state index contributed by atoms with van der Waals surface area (Å²) in [6, 6.07) is 0. The molecule has 0 saturated heterocycles. The van der Waals surface area contributed by atoms with Crippen molar-refractivity contribution in [2.45, 2.75) is 84.4 Å². The number of alkyl halides is 1. The van der Waals surface area contributed by atoms with Gasteiger partial charge < -0.3 is 15.4 Å². The quantitative estimate of drug-likeness (QED) is 0.668. The summed E-state index contributed by atoms with van der Waals surface area (Å²) in [6.45, 7) is 8.39. The van der Waals surface area contributed by atoms with E-state index >= 15 is 4.39 Å². The van der Waals surface area contributed by atoms with Gasteiger partial charge in [-0.1, -0.05) is 24.2 Å². The van der Waals surface area contributed by atoms with E-state index in [-0.39, 0.29) is 16.7 Å². The molecule has 2 N–H and O–H groups in total. The first-order chi connectivity index (χ1) is 14.6. The third-order valence-electron chi connectivity index (χ3n) is 9.14. The summed E-state index contributed by atoms with van der Waals surface area (Å²) in [6.07, 6.45) is 4.11. The average Bonchev–Trinajstić information content (AvgIpc) is 3.02. The van der Waals surface area contributed by atoms with Crippen molar-refractivity contribution in [2.24, 2.45) is 50.5 Å². The van der Waals surface area contributed by atoms with Crippen LogP contribution in [0.1, 0.15) is 72.6 Å². The molecular formula is C24H38FN3O3. The summed E-state index contributed by atoms with van der Waals surface area (Å²) in [5, 5.41) is 8.66. The predicted molar refractivity (Wildman–Crippen MR) is 118 cm³/mol. The molecule has 0 radical (unpaired) electrons. The standard InChI is InChI=1S/C24H38FN3O3/c1-22(2,13-26)31-28-20-11-17-19(27-30-5)10-14-15-6-7-21(29)23(15,3)9-8-16(14)24(17,4)12-18(20)25/h14-18H,6-13,26H2,1-5H3/b27-19-,28-20+/t14-,15-,16-,17?,18+,23-,24+/m0/s1. The van der Waals surface area contributed by atoms with Gasteiger partial charge >= 0.3 is 0 Å². The molecule has 0 aliphatic heterocycles. The maximum atomic E-state index is 15.5. The Kier molecular flexibility index (Phi) is 5.72. The van der Waals surface area contributed by atoms with Gasteiger partial charge in [-0.25, -0.2) is 4.39 Å². The predicted octanol–water partition coefficient (Wildman–Crippen LogP) is 4.27. The summed E-state index contributed by atoms with van der Waals surface area (Å²) in [4.78, 5) is 23.5. The monoisotopic (exact) mass is 435 g/mol. The third kappa shape index (κ3) is 3.61. The van der Waals surface area contributed by atoms with Gasteiger partial charge in [0.15, 0.2) is 0 Å². The molecule has 4 aliphatic rings. The summed E-state index contributed by atoms with van der Waals surface area (Å²) in [5.74, 6) is 1.59. The van der Waals surface area contributed by atoms with Gasteiger partial charge in [-0.3, -0.25) is 4.79 Å². The maximum absolute atomic E-state index is 15.5. The molecule has 7 atom stereocenters. The Morgan fingerprint density at radius 1 is 1.16 bits per heavy atom. The molecule has 0 aromatic carbocycles. The van der Waals surface area contributed by atoms with Crippen LogP contribution in [0.4, 0.5) is 4.39 Å². The number of Topliss-reactive ketones (excluding diaryl/α,β-unsaturated/α-hetero) is 1. The fourth-order valence-electron chi connectivity index (χ4n) is 7.20. The van der Waals surface area contributed by atoms with Gasteiger partial charge in [0, 0.05) is 30.7 Å². The minimum absolute atomic E-state index is 0.0745. The van der Waals surface area contributed by atoms with Gasteiger partial charge in [0.2, 0.25) is 0 Å². The molecule has 0 aromatic rings. The van der Waals surface area contributed by atoms with Gasteiger partial charge in [0.25, 0.3) is 0 Å². The van der Waals surface area contributed by atoms with E-state index in [0.29, 0.717) is 55.1 Å². The number of hydrogen-bond donors (Lipinski definition) is 1. The SMILES string of the molecule is CO/N=C1/C[C@@H]2[C@H](CC[C@]3(C)C(=O)CC[C@@H]23)[C@@]2(C)C[C@@H](F)/C(=N/OC(C)(C)CN)CC12. The van der Waals surface area contributed by atoms with Crippen molar-refractivity contribution < 1.29 is 18.9 Å². The van der Waals surface area contributed by atoms with Crippen molar-refractivity contribution in [1.82, 2.24) is 0 Å². The van der Waals surface area contributed by atoms with Gasteiger partial charge in [-0.2, -0.15) is 0 Å². The summed E-state index contributed by atoms with van der Waals surface area (Å²) in [7, 11) is 1.57. The molecule has 4 saturated carbocycles. The average molecular weight is 436 g/mol. The Balaban J connectivity index is 1.66. The molecule has 0 amide bonds. The van der Waals surface area contributed by atoms with Crippen LogP contribution in [-0.4, -0.2) is 42.6 Å². The zero-order valence-corrected chi connectivity index (χ0v) is 19.6. The fourth-order valence-corrected chi connectivity index (χ4v) is 7.20. The second kappa shape index (κ2) is 7.82. The number of nitrogens with two attached hydrogens (primary N) is 1. The lowest BCUT2D eigenvalue weighted by molar-refractivity contribution is -0.133. The van der Waals surface area contributed by atoms with Crippen molar-refractivity contribution in [3.63, 3.8) is 0 Å². The zero-order chi connectivity index (χ0) is 22.6. The zero-order valence-electron chi connectivity index (χ0n) is 19.6. The molecule has 4 rings (SSSR count). The summed E-state index contributed by atoms with van der Waals surface area (Å²) < 4.78 is 15.5. The van der Waals surface area contributed by atoms with Crippen molar-refractivity contribution in [3.8, 4) is 0 Å². The van der Waals surface area contributed by atoms with Gasteiger partial charge in [-0.15, -0.1) is 0 Å². The number of halogens is 1. The highest BCUT2D eigenvalue weighted by Crippen LogP contribution is 2.64. The van der Waals surface area contributed by atoms with Crippen LogP contribution in [-0.2, 0) is 14.5 Å². The number of rotatable bonds is 4. The first-order valence-corrected chi connectivity index (χ1v) is 11.8. The molecule has 7 heteroatoms. The first-order valence-electron chi connectivity index (χ1n) is 11.8. The normalized spacial score (nSPS) is 45.3. The number of oxime groups is 2. The second-order valence-electron chi connectivity index (χ2n) is 11.3. The minimum atomic E-state index is -1.14. The smallest absolute Gasteiger partial charge is 0.144 e. The number of carbonyl (C=O) groups excluding carboxylic acids is 1. The number of fused-ring (bicyclic) bond motifs is 5. The molecule has 0 heterocycles. The van der Waals surface area contributed by atoms with Crippen LogP contribution in [0, 0.1) is 34.5 Å². The van der Waals surface area contributed by atoms with Crippen LogP contribution >= 0.6 is 0 Å². The number of nitrogens with zero attached hydrogens (tertiary/aromatic N) is 2. The maximum Gasteiger partial charge on any atom is 0.144 e. The van der Waals surface area contributed by atoms with E-state index in [2.05, 4.69) is 24.2 Å². The van der Waals surface area contributed by atoms with E-state index in [9.17, 15) is 4.79 Å². The lowest BCUT2D eigenvalue weighted by Gasteiger charge is -2.59. The van der Waals surface area contributed by atoms with Crippen LogP contribution < -0.4 is 5.73 Å². The Morgan fingerprint density at radius 3 is 2.58 bits per heavy atom. The topological polar surface area (TPSA) is 86.3 Å². The van der Waals surface area contributed by atoms with E-state index in [1.165, 1.54) is 0 Å². The van der Waals surface area contributed by atoms with Crippen LogP contribution in [0.2, 0.25) is 0 Å². The Labute approximate surface area is 185 Å². The van der Waals surface area contributed by atoms with Crippen molar-refractivity contribution >= 4 is 17.2 Å². The van der Waals surface area contributed by atoms with Crippen LogP contribution in [0.15, 0.2) is 10.3 Å². The van der Waals surface area contributed by atoms with Crippen molar-refractivity contribution in [1.29, 1.82) is 0 Å². The molecule has 0 bridgehead atoms. The highest BCUT2D eigenvalue weighted by atomic mass is 19.1. The van der Waals surface area contributed by atoms with E-state index in [1.807, 2.05) is 13.8 Å². The third-order valence-corrected chi connectivity index (χ3v) is 9.14. The minimum Gasteiger partial charge on any atom is -0.399 e. The van der Waals surface area contributed by atoms with Gasteiger partial charge in [-0.05, 0) is 69.1 Å². The highest BCUT2D eigenvalue weighted by Gasteiger charge is 2.62. The molecule has 0 spiro atoms. The highest BCUT2D eigenvalue weighted by molar-refractivity contribution is 5.98. The lowest BCUT2D eigenvalue weighted by atomic mass is 9.44. The van der Waals surface area contributed by atoms with Crippen molar-refractivity contribution in [3.05, 3.63) is 0 Å². The van der Waals surface area contributed by atoms with E-state index < -0.39 is 11.8 Å². The molecule has 6 nitrogen and oxygen atoms in total. The second-order valence-corrected chi connectivity index (χ2v) is 11.3. The van der Waals surface area contributed by atoms with Crippen LogP contribution in [0.3, 0.4) is 0 Å². The Bertz CT molecular complexity index is 797. The molecule has 4 aliphatic carbocycles. The number of ketones is 1. The van der Waals surface area contributed by atoms with Crippen molar-refractivity contribution in [2.75, 3.05) is 13.7 Å². The largest absolute Gasteiger partial charge is 0.399 e. The molecular weight excluding hydrogens is 397 g/mol. The summed E-state index contributed by atoms with van der Waals surface area (Å²) in [5.41, 5.74) is 6.10. The van der Waals surface area contributed by atoms with Crippen LogP contribution in [0.5, 0.6) is 0 Å². The first kappa shape index (κ1) is 22.7. The van der Waals surface area contributed by atoms with E-state index in [1.54, 1.807) is 7.11 Å². The van der Waals surface area contributed by atoms with Gasteiger partial charge in [0.05, 0.1) is 11.4 Å². The molecule has 1 unspecified atom stereocenters. The fraction of sp³-hybridized carbons (Fsp3) is 0.875. The number of carbonyl (C=O) groups is 1. The molecule has 31 heavy (non-hydrogen) atoms. The van der Waals surface area contributed by atoms with Gasteiger partial charge in [0.1, 0.15) is 24.7 Å². The lowest BCUT2D eigenvalue weighted by Crippen LogP contribution is -2.58. The van der Waals surface area contributed by atoms with E-state index in [4.69, 9.17) is 15.4 Å². The summed E-state index contributed by atoms with van der Waals surface area (Å²) >= 11 is 0. The molecule has 4 fully saturated rings. The Morgan fingerprint density at radius 2 is 1.90 bits per heavy atom. The number of hydrogen-bond acceptors (Lipinski definition) is 6. The molecule has 174 valence electrons. The van der Waals surface area contributed by atoms with Crippen LogP contribution in [0.25, 0.3) is 0 Å². The van der Waals surface area contributed by atoms with E-state index in [0.717, 1.165) is 31.4 Å². The Hall–Kier alpha value is -1.50.